The molecule has 0 saturated heterocycles. The van der Waals surface area contributed by atoms with Crippen molar-refractivity contribution in [2.75, 3.05) is 37.4 Å². The number of benzene rings is 3. The van der Waals surface area contributed by atoms with Crippen LogP contribution in [0.3, 0.4) is 0 Å². The summed E-state index contributed by atoms with van der Waals surface area (Å²) in [4.78, 5) is 19.7. The highest BCUT2D eigenvalue weighted by molar-refractivity contribution is 7.22. The van der Waals surface area contributed by atoms with Gasteiger partial charge in [-0.15, -0.1) is 0 Å². The Kier molecular flexibility index (Phi) is 6.48. The van der Waals surface area contributed by atoms with Crippen molar-refractivity contribution in [1.82, 2.24) is 10.3 Å². The smallest absolute Gasteiger partial charge is 0.255 e. The molecule has 0 aliphatic heterocycles. The van der Waals surface area contributed by atoms with Gasteiger partial charge in [0.05, 0.1) is 10.2 Å². The highest BCUT2D eigenvalue weighted by atomic mass is 32.1. The predicted octanol–water partition coefficient (Wildman–Crippen LogP) is 5.56. The van der Waals surface area contributed by atoms with E-state index in [0.717, 1.165) is 50.8 Å². The number of aryl methyl sites for hydroxylation is 1. The highest BCUT2D eigenvalue weighted by Crippen LogP contribution is 2.34. The molecular formula is C25H27FN4OS. The van der Waals surface area contributed by atoms with E-state index in [4.69, 9.17) is 4.98 Å². The van der Waals surface area contributed by atoms with Gasteiger partial charge < -0.3 is 15.5 Å². The summed E-state index contributed by atoms with van der Waals surface area (Å²) >= 11 is 1.63. The molecule has 3 aromatic carbocycles. The Morgan fingerprint density at radius 3 is 2.38 bits per heavy atom. The second-order valence-corrected chi connectivity index (χ2v) is 8.62. The number of carbonyl (C=O) groups is 1. The molecule has 32 heavy (non-hydrogen) atoms. The lowest BCUT2D eigenvalue weighted by Crippen LogP contribution is -2.26. The maximum Gasteiger partial charge on any atom is 0.255 e. The van der Waals surface area contributed by atoms with Crippen molar-refractivity contribution >= 4 is 38.3 Å². The van der Waals surface area contributed by atoms with Crippen molar-refractivity contribution in [2.24, 2.45) is 0 Å². The van der Waals surface area contributed by atoms with Crippen LogP contribution in [0.2, 0.25) is 0 Å². The van der Waals surface area contributed by atoms with Crippen molar-refractivity contribution in [3.63, 3.8) is 0 Å². The third kappa shape index (κ3) is 4.64. The number of nitrogens with one attached hydrogen (secondary N) is 2. The van der Waals surface area contributed by atoms with Gasteiger partial charge in [0, 0.05) is 32.8 Å². The van der Waals surface area contributed by atoms with Crippen LogP contribution < -0.4 is 15.5 Å². The zero-order chi connectivity index (χ0) is 22.7. The zero-order valence-corrected chi connectivity index (χ0v) is 19.1. The Labute approximate surface area is 192 Å². The Morgan fingerprint density at radius 2 is 1.72 bits per heavy atom. The number of likely N-dealkylation sites (N-methyl/N-ethyl adjacent to an activating group) is 2. The van der Waals surface area contributed by atoms with E-state index < -0.39 is 0 Å². The number of halogens is 1. The molecule has 1 aromatic heterocycles. The van der Waals surface area contributed by atoms with E-state index in [9.17, 15) is 9.18 Å². The topological polar surface area (TPSA) is 57.3 Å². The zero-order valence-electron chi connectivity index (χ0n) is 18.3. The maximum atomic E-state index is 13.1. The van der Waals surface area contributed by atoms with Crippen LogP contribution in [0.5, 0.6) is 0 Å². The van der Waals surface area contributed by atoms with E-state index in [2.05, 4.69) is 15.5 Å². The number of thiazole rings is 1. The molecule has 0 unspecified atom stereocenters. The molecule has 0 atom stereocenters. The van der Waals surface area contributed by atoms with Gasteiger partial charge in [-0.2, -0.15) is 0 Å². The van der Waals surface area contributed by atoms with Gasteiger partial charge >= 0.3 is 0 Å². The predicted molar refractivity (Wildman–Crippen MR) is 133 cm³/mol. The van der Waals surface area contributed by atoms with Crippen LogP contribution in [0.25, 0.3) is 21.3 Å². The molecule has 4 rings (SSSR count). The molecule has 1 amide bonds. The lowest BCUT2D eigenvalue weighted by molar-refractivity contribution is 0.102. The summed E-state index contributed by atoms with van der Waals surface area (Å²) in [5.74, 6) is -0.441. The minimum Gasteiger partial charge on any atom is -0.350 e. The van der Waals surface area contributed by atoms with E-state index in [1.54, 1.807) is 35.6 Å². The van der Waals surface area contributed by atoms with Gasteiger partial charge in [0.2, 0.25) is 0 Å². The molecule has 0 spiro atoms. The van der Waals surface area contributed by atoms with E-state index in [1.807, 2.05) is 45.3 Å². The Bertz CT molecular complexity index is 1240. The van der Waals surface area contributed by atoms with Gasteiger partial charge in [-0.25, -0.2) is 9.37 Å². The normalized spacial score (nSPS) is 11.0. The van der Waals surface area contributed by atoms with Gasteiger partial charge in [0.1, 0.15) is 5.82 Å². The summed E-state index contributed by atoms with van der Waals surface area (Å²) in [6.07, 6.45) is 0. The number of nitrogens with zero attached hydrogens (tertiary/aromatic N) is 2. The Morgan fingerprint density at radius 1 is 1.06 bits per heavy atom. The molecule has 0 saturated carbocycles. The van der Waals surface area contributed by atoms with Crippen LogP contribution >= 0.6 is 11.3 Å². The van der Waals surface area contributed by atoms with Crippen molar-refractivity contribution in [1.29, 1.82) is 0 Å². The number of carbonyl (C=O) groups excluding carboxylic acids is 1. The molecule has 7 heteroatoms. The summed E-state index contributed by atoms with van der Waals surface area (Å²) < 4.78 is 14.2. The fraction of sp³-hybridized carbons (Fsp3) is 0.200. The lowest BCUT2D eigenvalue weighted by atomic mass is 10.0. The maximum absolute atomic E-state index is 13.1. The monoisotopic (exact) mass is 450 g/mol. The minimum atomic E-state index is -0.269. The van der Waals surface area contributed by atoms with Crippen LogP contribution in [0.1, 0.15) is 17.3 Å². The van der Waals surface area contributed by atoms with E-state index in [0.29, 0.717) is 5.56 Å². The SMILES string of the molecule is CNCCN(C)c1nc2ccc(NC(=O)c3ccc(-c4ccc(F)cc4)cc3)c(C)c2s1.[HH]. The molecule has 166 valence electrons. The van der Waals surface area contributed by atoms with Crippen molar-refractivity contribution in [2.45, 2.75) is 6.92 Å². The van der Waals surface area contributed by atoms with Crippen molar-refractivity contribution < 1.29 is 10.6 Å². The fourth-order valence-corrected chi connectivity index (χ4v) is 4.49. The van der Waals surface area contributed by atoms with Crippen molar-refractivity contribution in [3.05, 3.63) is 77.6 Å². The van der Waals surface area contributed by atoms with Gasteiger partial charge in [0.25, 0.3) is 5.91 Å². The average Bonchev–Trinajstić information content (AvgIpc) is 3.25. The van der Waals surface area contributed by atoms with Crippen molar-refractivity contribution in [3.8, 4) is 11.1 Å². The average molecular weight is 451 g/mol. The third-order valence-electron chi connectivity index (χ3n) is 5.39. The number of amides is 1. The minimum absolute atomic E-state index is 0. The van der Waals surface area contributed by atoms with Crippen LogP contribution in [0, 0.1) is 12.7 Å². The summed E-state index contributed by atoms with van der Waals surface area (Å²) in [7, 11) is 3.96. The molecule has 0 fully saturated rings. The molecule has 4 aromatic rings. The summed E-state index contributed by atoms with van der Waals surface area (Å²) in [5.41, 5.74) is 5.11. The summed E-state index contributed by atoms with van der Waals surface area (Å²) in [6.45, 7) is 3.75. The van der Waals surface area contributed by atoms with Gasteiger partial charge in [-0.3, -0.25) is 4.79 Å². The number of fused-ring (bicyclic) bond motifs is 1. The third-order valence-corrected chi connectivity index (χ3v) is 6.70. The quantitative estimate of drug-likeness (QED) is 0.387. The number of aromatic nitrogens is 1. The fourth-order valence-electron chi connectivity index (χ4n) is 3.44. The molecule has 1 heterocycles. The molecule has 0 radical (unpaired) electrons. The molecule has 0 bridgehead atoms. The Balaban J connectivity index is 0.00000306. The number of rotatable bonds is 7. The van der Waals surface area contributed by atoms with Crippen LogP contribution in [-0.2, 0) is 0 Å². The number of anilines is 2. The molecule has 0 aliphatic carbocycles. The van der Waals surface area contributed by atoms with Gasteiger partial charge in [0.15, 0.2) is 5.13 Å². The molecule has 5 nitrogen and oxygen atoms in total. The van der Waals surface area contributed by atoms with Crippen LogP contribution in [0.4, 0.5) is 15.2 Å². The van der Waals surface area contributed by atoms with Gasteiger partial charge in [-0.1, -0.05) is 35.6 Å². The van der Waals surface area contributed by atoms with Crippen LogP contribution in [0.15, 0.2) is 60.7 Å². The molecule has 2 N–H and O–H groups in total. The van der Waals surface area contributed by atoms with E-state index in [-0.39, 0.29) is 13.2 Å². The summed E-state index contributed by atoms with van der Waals surface area (Å²) in [6, 6.07) is 17.5. The van der Waals surface area contributed by atoms with Crippen LogP contribution in [-0.4, -0.2) is 38.1 Å². The number of hydrogen-bond donors (Lipinski definition) is 2. The molecule has 0 aliphatic rings. The van der Waals surface area contributed by atoms with E-state index >= 15 is 0 Å². The first kappa shape index (κ1) is 21.9. The molecular weight excluding hydrogens is 423 g/mol. The standard InChI is InChI=1S/C25H25FN4OS.H2/c1-16-21(12-13-22-23(16)32-25(29-22)30(3)15-14-27-2)28-24(31)19-6-4-17(5-7-19)18-8-10-20(26)11-9-18;/h4-13,27H,14-15H2,1-3H3,(H,28,31);1H. The first-order valence-corrected chi connectivity index (χ1v) is 11.2. The summed E-state index contributed by atoms with van der Waals surface area (Å²) in [5, 5.41) is 7.13. The first-order chi connectivity index (χ1) is 15.5. The van der Waals surface area contributed by atoms with Gasteiger partial charge in [-0.05, 0) is 67.1 Å². The number of hydrogen-bond acceptors (Lipinski definition) is 5. The largest absolute Gasteiger partial charge is 0.350 e. The first-order valence-electron chi connectivity index (χ1n) is 10.4. The second-order valence-electron chi connectivity index (χ2n) is 7.65. The lowest BCUT2D eigenvalue weighted by Gasteiger charge is -2.14. The Hall–Kier alpha value is -3.29. The van der Waals surface area contributed by atoms with E-state index in [1.165, 1.54) is 12.1 Å². The highest BCUT2D eigenvalue weighted by Gasteiger charge is 2.14. The second kappa shape index (κ2) is 9.46.